The van der Waals surface area contributed by atoms with E-state index < -0.39 is 0 Å². The number of nitrogens with one attached hydrogen (secondary N) is 2. The van der Waals surface area contributed by atoms with Crippen LogP contribution in [-0.2, 0) is 0 Å². The van der Waals surface area contributed by atoms with E-state index in [2.05, 4.69) is 10.6 Å². The SMILES string of the molecule is Oc1cccc(Nc2ccc(Nc3cccc(O)c3O)cc2)c1O. The van der Waals surface area contributed by atoms with Crippen molar-refractivity contribution in [2.45, 2.75) is 0 Å². The van der Waals surface area contributed by atoms with Crippen LogP contribution in [0.15, 0.2) is 60.7 Å². The molecule has 0 aliphatic carbocycles. The predicted molar refractivity (Wildman–Crippen MR) is 92.6 cm³/mol. The van der Waals surface area contributed by atoms with Gasteiger partial charge in [0.25, 0.3) is 0 Å². The molecular weight excluding hydrogens is 308 g/mol. The topological polar surface area (TPSA) is 105 Å². The Balaban J connectivity index is 1.76. The fourth-order valence-corrected chi connectivity index (χ4v) is 2.21. The average molecular weight is 324 g/mol. The number of phenolic OH excluding ortho intramolecular Hbond substituents is 4. The number of phenols is 4. The van der Waals surface area contributed by atoms with E-state index in [1.807, 2.05) is 0 Å². The van der Waals surface area contributed by atoms with E-state index in [4.69, 9.17) is 0 Å². The quantitative estimate of drug-likeness (QED) is 0.405. The van der Waals surface area contributed by atoms with Gasteiger partial charge in [0.1, 0.15) is 0 Å². The molecule has 6 N–H and O–H groups in total. The fourth-order valence-electron chi connectivity index (χ4n) is 2.21. The van der Waals surface area contributed by atoms with E-state index in [-0.39, 0.29) is 23.0 Å². The highest BCUT2D eigenvalue weighted by Gasteiger charge is 2.07. The Kier molecular flexibility index (Phi) is 4.03. The molecule has 6 heteroatoms. The van der Waals surface area contributed by atoms with Gasteiger partial charge in [-0.15, -0.1) is 0 Å². The lowest BCUT2D eigenvalue weighted by Crippen LogP contribution is -1.93. The van der Waals surface area contributed by atoms with Crippen molar-refractivity contribution in [1.29, 1.82) is 0 Å². The van der Waals surface area contributed by atoms with Crippen LogP contribution in [-0.4, -0.2) is 20.4 Å². The van der Waals surface area contributed by atoms with Crippen molar-refractivity contribution in [1.82, 2.24) is 0 Å². The van der Waals surface area contributed by atoms with Crippen LogP contribution in [0.4, 0.5) is 22.7 Å². The summed E-state index contributed by atoms with van der Waals surface area (Å²) in [6.45, 7) is 0. The highest BCUT2D eigenvalue weighted by atomic mass is 16.3. The van der Waals surface area contributed by atoms with Gasteiger partial charge in [-0.05, 0) is 48.5 Å². The van der Waals surface area contributed by atoms with Gasteiger partial charge in [-0.3, -0.25) is 0 Å². The van der Waals surface area contributed by atoms with Crippen molar-refractivity contribution >= 4 is 22.7 Å². The van der Waals surface area contributed by atoms with Crippen LogP contribution in [0.3, 0.4) is 0 Å². The van der Waals surface area contributed by atoms with Crippen LogP contribution >= 0.6 is 0 Å². The smallest absolute Gasteiger partial charge is 0.181 e. The molecule has 0 fully saturated rings. The number of para-hydroxylation sites is 2. The minimum absolute atomic E-state index is 0.197. The first-order valence-corrected chi connectivity index (χ1v) is 7.20. The van der Waals surface area contributed by atoms with Crippen molar-refractivity contribution < 1.29 is 20.4 Å². The number of benzene rings is 3. The Labute approximate surface area is 138 Å². The third-order valence-corrected chi connectivity index (χ3v) is 3.47. The Morgan fingerprint density at radius 3 is 1.25 bits per heavy atom. The van der Waals surface area contributed by atoms with E-state index in [0.29, 0.717) is 22.7 Å². The van der Waals surface area contributed by atoms with Crippen molar-refractivity contribution in [2.75, 3.05) is 10.6 Å². The normalized spacial score (nSPS) is 10.3. The highest BCUT2D eigenvalue weighted by molar-refractivity contribution is 5.73. The molecule has 3 rings (SSSR count). The summed E-state index contributed by atoms with van der Waals surface area (Å²) in [7, 11) is 0. The first-order valence-electron chi connectivity index (χ1n) is 7.20. The zero-order valence-corrected chi connectivity index (χ0v) is 12.6. The predicted octanol–water partition coefficient (Wildman–Crippen LogP) is 4.00. The molecule has 0 aliphatic heterocycles. The van der Waals surface area contributed by atoms with Crippen LogP contribution in [0.2, 0.25) is 0 Å². The molecule has 0 aromatic heterocycles. The van der Waals surface area contributed by atoms with Gasteiger partial charge < -0.3 is 31.1 Å². The zero-order valence-electron chi connectivity index (χ0n) is 12.6. The van der Waals surface area contributed by atoms with Crippen molar-refractivity contribution in [3.8, 4) is 23.0 Å². The molecule has 0 spiro atoms. The summed E-state index contributed by atoms with van der Waals surface area (Å²) in [4.78, 5) is 0. The molecule has 0 heterocycles. The first-order chi connectivity index (χ1) is 11.5. The molecule has 0 amide bonds. The molecule has 0 saturated carbocycles. The maximum atomic E-state index is 9.79. The molecule has 3 aromatic carbocycles. The van der Waals surface area contributed by atoms with E-state index in [1.165, 1.54) is 12.1 Å². The molecular formula is C18H16N2O4. The Bertz CT molecular complexity index is 791. The summed E-state index contributed by atoms with van der Waals surface area (Å²) < 4.78 is 0. The molecule has 0 bridgehead atoms. The van der Waals surface area contributed by atoms with Crippen molar-refractivity contribution in [3.63, 3.8) is 0 Å². The van der Waals surface area contributed by atoms with Gasteiger partial charge in [-0.25, -0.2) is 0 Å². The molecule has 0 radical (unpaired) electrons. The van der Waals surface area contributed by atoms with Crippen molar-refractivity contribution in [2.24, 2.45) is 0 Å². The van der Waals surface area contributed by atoms with Crippen LogP contribution in [0.5, 0.6) is 23.0 Å². The van der Waals surface area contributed by atoms with Gasteiger partial charge >= 0.3 is 0 Å². The Morgan fingerprint density at radius 2 is 0.875 bits per heavy atom. The minimum Gasteiger partial charge on any atom is -0.504 e. The van der Waals surface area contributed by atoms with E-state index in [9.17, 15) is 20.4 Å². The first kappa shape index (κ1) is 15.4. The zero-order chi connectivity index (χ0) is 17.1. The summed E-state index contributed by atoms with van der Waals surface area (Å²) in [5.41, 5.74) is 2.20. The van der Waals surface area contributed by atoms with Crippen LogP contribution in [0, 0.1) is 0 Å². The van der Waals surface area contributed by atoms with E-state index >= 15 is 0 Å². The lowest BCUT2D eigenvalue weighted by molar-refractivity contribution is 0.405. The van der Waals surface area contributed by atoms with Gasteiger partial charge in [-0.1, -0.05) is 12.1 Å². The molecule has 122 valence electrons. The number of rotatable bonds is 4. The number of hydrogen-bond acceptors (Lipinski definition) is 6. The average Bonchev–Trinajstić information content (AvgIpc) is 2.58. The third-order valence-electron chi connectivity index (χ3n) is 3.47. The van der Waals surface area contributed by atoms with Gasteiger partial charge in [-0.2, -0.15) is 0 Å². The number of aromatic hydroxyl groups is 4. The standard InChI is InChI=1S/C18H16N2O4/c21-15-5-1-3-13(17(15)23)19-11-7-9-12(10-8-11)20-14-4-2-6-16(22)18(14)24/h1-10,19-24H. The molecule has 0 unspecified atom stereocenters. The second-order valence-electron chi connectivity index (χ2n) is 5.17. The highest BCUT2D eigenvalue weighted by Crippen LogP contribution is 2.36. The third kappa shape index (κ3) is 3.12. The monoisotopic (exact) mass is 324 g/mol. The summed E-state index contributed by atoms with van der Waals surface area (Å²) in [5.74, 6) is -0.830. The summed E-state index contributed by atoms with van der Waals surface area (Å²) in [6.07, 6.45) is 0. The largest absolute Gasteiger partial charge is 0.504 e. The van der Waals surface area contributed by atoms with Crippen LogP contribution in [0.1, 0.15) is 0 Å². The van der Waals surface area contributed by atoms with Gasteiger partial charge in [0, 0.05) is 11.4 Å². The van der Waals surface area contributed by atoms with Crippen LogP contribution < -0.4 is 10.6 Å². The lowest BCUT2D eigenvalue weighted by atomic mass is 10.2. The maximum Gasteiger partial charge on any atom is 0.181 e. The maximum absolute atomic E-state index is 9.79. The Morgan fingerprint density at radius 1 is 0.500 bits per heavy atom. The number of hydrogen-bond donors (Lipinski definition) is 6. The summed E-state index contributed by atoms with van der Waals surface area (Å²) in [6, 6.07) is 16.4. The molecule has 24 heavy (non-hydrogen) atoms. The van der Waals surface area contributed by atoms with Gasteiger partial charge in [0.2, 0.25) is 0 Å². The van der Waals surface area contributed by atoms with Crippen molar-refractivity contribution in [3.05, 3.63) is 60.7 Å². The van der Waals surface area contributed by atoms with Crippen LogP contribution in [0.25, 0.3) is 0 Å². The van der Waals surface area contributed by atoms with Gasteiger partial charge in [0.15, 0.2) is 23.0 Å². The molecule has 0 aliphatic rings. The van der Waals surface area contributed by atoms with Gasteiger partial charge in [0.05, 0.1) is 11.4 Å². The second kappa shape index (κ2) is 6.29. The molecule has 0 atom stereocenters. The minimum atomic E-state index is -0.218. The number of anilines is 4. The summed E-state index contributed by atoms with van der Waals surface area (Å²) >= 11 is 0. The molecule has 6 nitrogen and oxygen atoms in total. The Hall–Kier alpha value is -3.54. The summed E-state index contributed by atoms with van der Waals surface area (Å²) in [5, 5.41) is 44.6. The lowest BCUT2D eigenvalue weighted by Gasteiger charge is -2.12. The fraction of sp³-hybridized carbons (Fsp3) is 0. The molecule has 0 saturated heterocycles. The molecule has 3 aromatic rings. The van der Waals surface area contributed by atoms with E-state index in [1.54, 1.807) is 48.5 Å². The van der Waals surface area contributed by atoms with E-state index in [0.717, 1.165) is 0 Å². The second-order valence-corrected chi connectivity index (χ2v) is 5.17.